The molecule has 0 saturated carbocycles. The quantitative estimate of drug-likeness (QED) is 0.573. The van der Waals surface area contributed by atoms with E-state index in [4.69, 9.17) is 11.6 Å². The lowest BCUT2D eigenvalue weighted by atomic mass is 10.1. The first-order chi connectivity index (χ1) is 12.0. The standard InChI is InChI=1S/C16H11ClN4O2S2/c17-14-5-6-15(24-14)25(22,23)20-12-4-1-3-11(9-12)13-10-21-8-2-7-18-16(21)19-13/h1-10,20H. The van der Waals surface area contributed by atoms with Gasteiger partial charge in [0.2, 0.25) is 5.78 Å². The van der Waals surface area contributed by atoms with E-state index in [-0.39, 0.29) is 4.21 Å². The zero-order chi connectivity index (χ0) is 17.4. The molecule has 0 unspecified atom stereocenters. The van der Waals surface area contributed by atoms with Gasteiger partial charge < -0.3 is 0 Å². The van der Waals surface area contributed by atoms with Gasteiger partial charge >= 0.3 is 0 Å². The van der Waals surface area contributed by atoms with Crippen LogP contribution in [0, 0.1) is 0 Å². The van der Waals surface area contributed by atoms with Crippen molar-refractivity contribution < 1.29 is 8.42 Å². The first kappa shape index (κ1) is 16.1. The second kappa shape index (κ2) is 6.14. The molecule has 126 valence electrons. The van der Waals surface area contributed by atoms with Gasteiger partial charge in [0.05, 0.1) is 10.0 Å². The number of halogens is 1. The van der Waals surface area contributed by atoms with E-state index in [1.165, 1.54) is 6.07 Å². The molecule has 1 N–H and O–H groups in total. The fraction of sp³-hybridized carbons (Fsp3) is 0. The number of benzene rings is 1. The van der Waals surface area contributed by atoms with Crippen molar-refractivity contribution in [1.29, 1.82) is 0 Å². The van der Waals surface area contributed by atoms with Gasteiger partial charge in [-0.25, -0.2) is 18.4 Å². The average molecular weight is 391 g/mol. The molecule has 4 rings (SSSR count). The highest BCUT2D eigenvalue weighted by atomic mass is 35.5. The number of sulfonamides is 1. The molecule has 6 nitrogen and oxygen atoms in total. The van der Waals surface area contributed by atoms with Crippen molar-refractivity contribution in [2.75, 3.05) is 4.72 Å². The number of rotatable bonds is 4. The monoisotopic (exact) mass is 390 g/mol. The number of imidazole rings is 1. The van der Waals surface area contributed by atoms with E-state index in [9.17, 15) is 8.42 Å². The van der Waals surface area contributed by atoms with E-state index in [1.54, 1.807) is 34.9 Å². The summed E-state index contributed by atoms with van der Waals surface area (Å²) in [5, 5.41) is 0. The Morgan fingerprint density at radius 1 is 1.16 bits per heavy atom. The Balaban J connectivity index is 1.67. The van der Waals surface area contributed by atoms with E-state index in [1.807, 2.05) is 24.5 Å². The molecule has 0 aliphatic carbocycles. The van der Waals surface area contributed by atoms with Gasteiger partial charge in [0.25, 0.3) is 10.0 Å². The molecule has 0 aliphatic rings. The molecule has 0 atom stereocenters. The van der Waals surface area contributed by atoms with Crippen LogP contribution in [0.15, 0.2) is 65.3 Å². The molecule has 4 aromatic rings. The van der Waals surface area contributed by atoms with E-state index in [0.717, 1.165) is 16.9 Å². The Labute approximate surface area is 152 Å². The van der Waals surface area contributed by atoms with E-state index in [2.05, 4.69) is 14.7 Å². The molecule has 0 bridgehead atoms. The molecule has 0 radical (unpaired) electrons. The van der Waals surface area contributed by atoms with E-state index in [0.29, 0.717) is 21.5 Å². The van der Waals surface area contributed by atoms with Crippen LogP contribution in [0.25, 0.3) is 17.0 Å². The van der Waals surface area contributed by atoms with Gasteiger partial charge in [-0.1, -0.05) is 23.7 Å². The van der Waals surface area contributed by atoms with Crippen molar-refractivity contribution in [1.82, 2.24) is 14.4 Å². The minimum atomic E-state index is -3.67. The van der Waals surface area contributed by atoms with Crippen molar-refractivity contribution in [3.05, 3.63) is 65.4 Å². The second-order valence-corrected chi connectivity index (χ2v) is 8.82. The smallest absolute Gasteiger partial charge is 0.271 e. The topological polar surface area (TPSA) is 76.4 Å². The largest absolute Gasteiger partial charge is 0.291 e. The van der Waals surface area contributed by atoms with Crippen LogP contribution in [-0.4, -0.2) is 22.8 Å². The first-order valence-electron chi connectivity index (χ1n) is 7.20. The second-order valence-electron chi connectivity index (χ2n) is 5.20. The van der Waals surface area contributed by atoms with E-state index < -0.39 is 10.0 Å². The summed E-state index contributed by atoms with van der Waals surface area (Å²) in [7, 11) is -3.67. The highest BCUT2D eigenvalue weighted by molar-refractivity contribution is 7.94. The van der Waals surface area contributed by atoms with Crippen molar-refractivity contribution in [3.63, 3.8) is 0 Å². The summed E-state index contributed by atoms with van der Waals surface area (Å²) in [5.41, 5.74) is 1.95. The number of aromatic nitrogens is 3. The van der Waals surface area contributed by atoms with Crippen molar-refractivity contribution >= 4 is 44.4 Å². The summed E-state index contributed by atoms with van der Waals surface area (Å²) < 4.78 is 29.8. The third-order valence-electron chi connectivity index (χ3n) is 3.46. The van der Waals surface area contributed by atoms with Crippen LogP contribution in [0.1, 0.15) is 0 Å². The lowest BCUT2D eigenvalue weighted by Gasteiger charge is -2.07. The maximum absolute atomic E-state index is 12.4. The van der Waals surface area contributed by atoms with Crippen molar-refractivity contribution in [2.45, 2.75) is 4.21 Å². The van der Waals surface area contributed by atoms with Gasteiger partial charge in [-0.3, -0.25) is 9.12 Å². The normalized spacial score (nSPS) is 11.7. The predicted molar refractivity (Wildman–Crippen MR) is 98.6 cm³/mol. The van der Waals surface area contributed by atoms with Crippen LogP contribution in [0.3, 0.4) is 0 Å². The van der Waals surface area contributed by atoms with Crippen molar-refractivity contribution in [2.24, 2.45) is 0 Å². The number of fused-ring (bicyclic) bond motifs is 1. The molecular formula is C16H11ClN4O2S2. The Hall–Kier alpha value is -2.42. The molecule has 0 aliphatic heterocycles. The molecule has 3 heterocycles. The fourth-order valence-electron chi connectivity index (χ4n) is 2.36. The van der Waals surface area contributed by atoms with Crippen LogP contribution >= 0.6 is 22.9 Å². The van der Waals surface area contributed by atoms with Crippen LogP contribution < -0.4 is 4.72 Å². The summed E-state index contributed by atoms with van der Waals surface area (Å²) >= 11 is 6.83. The molecule has 9 heteroatoms. The minimum absolute atomic E-state index is 0.167. The summed E-state index contributed by atoms with van der Waals surface area (Å²) in [6, 6.07) is 11.9. The first-order valence-corrected chi connectivity index (χ1v) is 9.87. The van der Waals surface area contributed by atoms with Crippen molar-refractivity contribution in [3.8, 4) is 11.3 Å². The Kier molecular flexibility index (Phi) is 3.95. The number of nitrogens with one attached hydrogen (secondary N) is 1. The summed E-state index contributed by atoms with van der Waals surface area (Å²) in [6.07, 6.45) is 5.36. The maximum Gasteiger partial charge on any atom is 0.271 e. The Morgan fingerprint density at radius 3 is 2.80 bits per heavy atom. The lowest BCUT2D eigenvalue weighted by Crippen LogP contribution is -2.11. The lowest BCUT2D eigenvalue weighted by molar-refractivity contribution is 0.603. The number of hydrogen-bond donors (Lipinski definition) is 1. The Bertz CT molecular complexity index is 1130. The van der Waals surface area contributed by atoms with Gasteiger partial charge in [-0.15, -0.1) is 11.3 Å². The molecule has 3 aromatic heterocycles. The zero-order valence-corrected chi connectivity index (χ0v) is 15.0. The third-order valence-corrected chi connectivity index (χ3v) is 6.56. The number of nitrogens with zero attached hydrogens (tertiary/aromatic N) is 3. The fourth-order valence-corrected chi connectivity index (χ4v) is 4.89. The summed E-state index contributed by atoms with van der Waals surface area (Å²) in [5.74, 6) is 0.580. The van der Waals surface area contributed by atoms with Crippen LogP contribution in [0.4, 0.5) is 5.69 Å². The molecular weight excluding hydrogens is 380 g/mol. The molecule has 25 heavy (non-hydrogen) atoms. The number of hydrogen-bond acceptors (Lipinski definition) is 5. The maximum atomic E-state index is 12.4. The van der Waals surface area contributed by atoms with Crippen LogP contribution in [-0.2, 0) is 10.0 Å². The van der Waals surface area contributed by atoms with E-state index >= 15 is 0 Å². The highest BCUT2D eigenvalue weighted by Gasteiger charge is 2.17. The molecule has 0 amide bonds. The Morgan fingerprint density at radius 2 is 2.04 bits per heavy atom. The van der Waals surface area contributed by atoms with Gasteiger partial charge in [0, 0.05) is 29.8 Å². The number of thiophene rings is 1. The third kappa shape index (κ3) is 3.23. The summed E-state index contributed by atoms with van der Waals surface area (Å²) in [4.78, 5) is 8.62. The minimum Gasteiger partial charge on any atom is -0.291 e. The average Bonchev–Trinajstić information content (AvgIpc) is 3.21. The molecule has 0 fully saturated rings. The molecule has 0 spiro atoms. The predicted octanol–water partition coefficient (Wildman–Crippen LogP) is 3.91. The van der Waals surface area contributed by atoms with Gasteiger partial charge in [0.1, 0.15) is 4.21 Å². The van der Waals surface area contributed by atoms with Gasteiger partial charge in [-0.05, 0) is 30.3 Å². The SMILES string of the molecule is O=S(=O)(Nc1cccc(-c2cn3cccnc3n2)c1)c1ccc(Cl)s1. The molecule has 0 saturated heterocycles. The van der Waals surface area contributed by atoms with Gasteiger partial charge in [-0.2, -0.15) is 0 Å². The highest BCUT2D eigenvalue weighted by Crippen LogP contribution is 2.28. The van der Waals surface area contributed by atoms with Crippen LogP contribution in [0.2, 0.25) is 4.34 Å². The van der Waals surface area contributed by atoms with Crippen LogP contribution in [0.5, 0.6) is 0 Å². The summed E-state index contributed by atoms with van der Waals surface area (Å²) in [6.45, 7) is 0. The van der Waals surface area contributed by atoms with Gasteiger partial charge in [0.15, 0.2) is 0 Å². The number of anilines is 1. The molecule has 1 aromatic carbocycles. The zero-order valence-electron chi connectivity index (χ0n) is 12.6.